The van der Waals surface area contributed by atoms with Crippen LogP contribution in [-0.2, 0) is 6.54 Å². The molecule has 0 aliphatic carbocycles. The number of aromatic nitrogens is 1. The molecule has 0 unspecified atom stereocenters. The standard InChI is InChI=1S/C20H26N4O3/c1-23-8-10-24(11-9-23)19-7-5-16(14-21-19)20(25)22-13-15-4-6-17(26-2)18(12-15)27-3/h4-7,12,14H,8-11,13H2,1-3H3,(H,22,25). The number of ether oxygens (including phenoxy) is 2. The van der Waals surface area contributed by atoms with Crippen molar-refractivity contribution in [2.24, 2.45) is 0 Å². The van der Waals surface area contributed by atoms with E-state index in [-0.39, 0.29) is 5.91 Å². The van der Waals surface area contributed by atoms with Crippen molar-refractivity contribution < 1.29 is 14.3 Å². The number of benzene rings is 1. The van der Waals surface area contributed by atoms with Gasteiger partial charge in [0.05, 0.1) is 19.8 Å². The van der Waals surface area contributed by atoms with Crippen LogP contribution in [0.3, 0.4) is 0 Å². The number of carbonyl (C=O) groups is 1. The molecule has 27 heavy (non-hydrogen) atoms. The number of pyridine rings is 1. The summed E-state index contributed by atoms with van der Waals surface area (Å²) in [4.78, 5) is 21.4. The lowest BCUT2D eigenvalue weighted by molar-refractivity contribution is 0.0950. The van der Waals surface area contributed by atoms with E-state index < -0.39 is 0 Å². The molecule has 3 rings (SSSR count). The van der Waals surface area contributed by atoms with Crippen LogP contribution in [0.4, 0.5) is 5.82 Å². The normalized spacial score (nSPS) is 14.7. The summed E-state index contributed by atoms with van der Waals surface area (Å²) >= 11 is 0. The van der Waals surface area contributed by atoms with Gasteiger partial charge in [-0.25, -0.2) is 4.98 Å². The molecule has 144 valence electrons. The summed E-state index contributed by atoms with van der Waals surface area (Å²) in [6, 6.07) is 9.32. The van der Waals surface area contributed by atoms with E-state index in [1.807, 2.05) is 30.3 Å². The Kier molecular flexibility index (Phi) is 6.13. The van der Waals surface area contributed by atoms with Crippen molar-refractivity contribution in [3.05, 3.63) is 47.7 Å². The van der Waals surface area contributed by atoms with Crippen molar-refractivity contribution in [1.29, 1.82) is 0 Å². The summed E-state index contributed by atoms with van der Waals surface area (Å²) in [6.07, 6.45) is 1.64. The largest absolute Gasteiger partial charge is 0.493 e. The summed E-state index contributed by atoms with van der Waals surface area (Å²) in [6.45, 7) is 4.35. The number of methoxy groups -OCH3 is 2. The summed E-state index contributed by atoms with van der Waals surface area (Å²) < 4.78 is 10.5. The minimum absolute atomic E-state index is 0.151. The molecule has 1 amide bonds. The van der Waals surface area contributed by atoms with Gasteiger partial charge in [0.2, 0.25) is 0 Å². The van der Waals surface area contributed by atoms with Crippen molar-refractivity contribution in [2.75, 3.05) is 52.3 Å². The summed E-state index contributed by atoms with van der Waals surface area (Å²) in [7, 11) is 5.31. The van der Waals surface area contributed by atoms with E-state index in [4.69, 9.17) is 9.47 Å². The Morgan fingerprint density at radius 3 is 2.44 bits per heavy atom. The Bertz CT molecular complexity index is 771. The molecule has 0 spiro atoms. The minimum atomic E-state index is -0.151. The molecule has 2 heterocycles. The zero-order valence-corrected chi connectivity index (χ0v) is 16.1. The second-order valence-corrected chi connectivity index (χ2v) is 6.57. The second-order valence-electron chi connectivity index (χ2n) is 6.57. The van der Waals surface area contributed by atoms with Crippen molar-refractivity contribution >= 4 is 11.7 Å². The average Bonchev–Trinajstić information content (AvgIpc) is 2.72. The van der Waals surface area contributed by atoms with Gasteiger partial charge < -0.3 is 24.6 Å². The van der Waals surface area contributed by atoms with Gasteiger partial charge in [-0.1, -0.05) is 6.07 Å². The van der Waals surface area contributed by atoms with Crippen molar-refractivity contribution in [2.45, 2.75) is 6.54 Å². The molecular formula is C20H26N4O3. The number of likely N-dealkylation sites (N-methyl/N-ethyl adjacent to an activating group) is 1. The van der Waals surface area contributed by atoms with Gasteiger partial charge in [0.1, 0.15) is 5.82 Å². The first kappa shape index (κ1) is 19.0. The number of hydrogen-bond donors (Lipinski definition) is 1. The van der Waals surface area contributed by atoms with Crippen LogP contribution in [0, 0.1) is 0 Å². The van der Waals surface area contributed by atoms with Crippen LogP contribution < -0.4 is 19.7 Å². The van der Waals surface area contributed by atoms with E-state index in [0.717, 1.165) is 37.6 Å². The Hall–Kier alpha value is -2.80. The Balaban J connectivity index is 1.58. The number of anilines is 1. The third-order valence-electron chi connectivity index (χ3n) is 4.74. The number of hydrogen-bond acceptors (Lipinski definition) is 6. The van der Waals surface area contributed by atoms with Gasteiger partial charge in [-0.15, -0.1) is 0 Å². The van der Waals surface area contributed by atoms with Crippen molar-refractivity contribution in [1.82, 2.24) is 15.2 Å². The minimum Gasteiger partial charge on any atom is -0.493 e. The van der Waals surface area contributed by atoms with Crippen LogP contribution in [0.15, 0.2) is 36.5 Å². The van der Waals surface area contributed by atoms with E-state index in [0.29, 0.717) is 23.6 Å². The zero-order chi connectivity index (χ0) is 19.2. The van der Waals surface area contributed by atoms with Crippen LogP contribution in [-0.4, -0.2) is 63.2 Å². The third-order valence-corrected chi connectivity index (χ3v) is 4.74. The van der Waals surface area contributed by atoms with E-state index >= 15 is 0 Å². The first-order valence-corrected chi connectivity index (χ1v) is 8.99. The first-order chi connectivity index (χ1) is 13.1. The van der Waals surface area contributed by atoms with Gasteiger partial charge >= 0.3 is 0 Å². The number of nitrogens with one attached hydrogen (secondary N) is 1. The van der Waals surface area contributed by atoms with Crippen LogP contribution >= 0.6 is 0 Å². The van der Waals surface area contributed by atoms with Crippen LogP contribution in [0.1, 0.15) is 15.9 Å². The highest BCUT2D eigenvalue weighted by atomic mass is 16.5. The van der Waals surface area contributed by atoms with E-state index in [2.05, 4.69) is 27.1 Å². The second kappa shape index (κ2) is 8.73. The maximum atomic E-state index is 12.4. The molecule has 1 aliphatic rings. The molecule has 1 fully saturated rings. The Morgan fingerprint density at radius 1 is 1.07 bits per heavy atom. The van der Waals surface area contributed by atoms with Gasteiger partial charge in [0.25, 0.3) is 5.91 Å². The van der Waals surface area contributed by atoms with Gasteiger partial charge in [-0.3, -0.25) is 4.79 Å². The molecule has 1 aromatic heterocycles. The summed E-state index contributed by atoms with van der Waals surface area (Å²) in [5, 5.41) is 2.91. The molecule has 2 aromatic rings. The quantitative estimate of drug-likeness (QED) is 0.836. The number of piperazine rings is 1. The smallest absolute Gasteiger partial charge is 0.253 e. The van der Waals surface area contributed by atoms with E-state index in [1.165, 1.54) is 0 Å². The molecule has 1 aromatic carbocycles. The lowest BCUT2D eigenvalue weighted by Gasteiger charge is -2.33. The van der Waals surface area contributed by atoms with Crippen LogP contribution in [0.5, 0.6) is 11.5 Å². The number of nitrogens with zero attached hydrogens (tertiary/aromatic N) is 3. The highest BCUT2D eigenvalue weighted by Crippen LogP contribution is 2.27. The predicted molar refractivity (Wildman–Crippen MR) is 105 cm³/mol. The maximum absolute atomic E-state index is 12.4. The lowest BCUT2D eigenvalue weighted by Crippen LogP contribution is -2.44. The molecule has 7 nitrogen and oxygen atoms in total. The summed E-state index contributed by atoms with van der Waals surface area (Å²) in [5.74, 6) is 2.07. The maximum Gasteiger partial charge on any atom is 0.253 e. The highest BCUT2D eigenvalue weighted by Gasteiger charge is 2.16. The SMILES string of the molecule is COc1ccc(CNC(=O)c2ccc(N3CCN(C)CC3)nc2)cc1OC. The van der Waals surface area contributed by atoms with Crippen molar-refractivity contribution in [3.63, 3.8) is 0 Å². The Labute approximate surface area is 159 Å². The fraction of sp³-hybridized carbons (Fsp3) is 0.400. The number of carbonyl (C=O) groups excluding carboxylic acids is 1. The predicted octanol–water partition coefficient (Wildman–Crippen LogP) is 1.78. The monoisotopic (exact) mass is 370 g/mol. The molecule has 0 atom stereocenters. The zero-order valence-electron chi connectivity index (χ0n) is 16.1. The number of rotatable bonds is 6. The van der Waals surface area contributed by atoms with Crippen LogP contribution in [0.25, 0.3) is 0 Å². The molecule has 0 saturated carbocycles. The van der Waals surface area contributed by atoms with E-state index in [9.17, 15) is 4.79 Å². The third kappa shape index (κ3) is 4.68. The van der Waals surface area contributed by atoms with Gasteiger partial charge in [-0.2, -0.15) is 0 Å². The number of amides is 1. The van der Waals surface area contributed by atoms with Crippen LogP contribution in [0.2, 0.25) is 0 Å². The summed E-state index contributed by atoms with van der Waals surface area (Å²) in [5.41, 5.74) is 1.48. The molecule has 0 bridgehead atoms. The van der Waals surface area contributed by atoms with Crippen molar-refractivity contribution in [3.8, 4) is 11.5 Å². The molecule has 0 radical (unpaired) electrons. The fourth-order valence-corrected chi connectivity index (χ4v) is 3.02. The average molecular weight is 370 g/mol. The van der Waals surface area contributed by atoms with Gasteiger partial charge in [0.15, 0.2) is 11.5 Å². The first-order valence-electron chi connectivity index (χ1n) is 8.99. The lowest BCUT2D eigenvalue weighted by atomic mass is 10.2. The van der Waals surface area contributed by atoms with Gasteiger partial charge in [0, 0.05) is 38.9 Å². The molecule has 1 saturated heterocycles. The fourth-order valence-electron chi connectivity index (χ4n) is 3.02. The van der Waals surface area contributed by atoms with Gasteiger partial charge in [-0.05, 0) is 36.9 Å². The highest BCUT2D eigenvalue weighted by molar-refractivity contribution is 5.94. The molecule has 7 heteroatoms. The molecule has 1 aliphatic heterocycles. The topological polar surface area (TPSA) is 66.9 Å². The molecular weight excluding hydrogens is 344 g/mol. The molecule has 1 N–H and O–H groups in total. The van der Waals surface area contributed by atoms with E-state index in [1.54, 1.807) is 20.4 Å². The Morgan fingerprint density at radius 2 is 1.81 bits per heavy atom.